The zero-order valence-corrected chi connectivity index (χ0v) is 6.37. The van der Waals surface area contributed by atoms with Gasteiger partial charge in [-0.05, 0) is 17.5 Å². The van der Waals surface area contributed by atoms with Gasteiger partial charge in [0, 0.05) is 5.52 Å². The van der Waals surface area contributed by atoms with Crippen LogP contribution in [0, 0.1) is 0 Å². The van der Waals surface area contributed by atoms with E-state index in [1.165, 1.54) is 6.07 Å². The van der Waals surface area contributed by atoms with Crippen molar-refractivity contribution in [3.8, 4) is 0 Å². The normalized spacial score (nSPS) is 10.3. The predicted octanol–water partition coefficient (Wildman–Crippen LogP) is 0.322. The van der Waals surface area contributed by atoms with Crippen molar-refractivity contribution in [1.82, 2.24) is 4.98 Å². The summed E-state index contributed by atoms with van der Waals surface area (Å²) >= 11 is 0. The molecule has 1 N–H and O–H groups in total. The first-order chi connectivity index (χ1) is 5.77. The fraction of sp³-hybridized carbons (Fsp3) is 0. The molecule has 2 nitrogen and oxygen atoms in total. The largest absolute Gasteiger partial charge is 0.322 e. The summed E-state index contributed by atoms with van der Waals surface area (Å²) < 4.78 is 0. The number of fused-ring (bicyclic) bond motifs is 1. The summed E-state index contributed by atoms with van der Waals surface area (Å²) in [7, 11) is 5.64. The maximum absolute atomic E-state index is 11.0. The molecular weight excluding hydrogens is 149 g/mol. The van der Waals surface area contributed by atoms with E-state index in [-0.39, 0.29) is 5.56 Å². The van der Waals surface area contributed by atoms with E-state index in [2.05, 4.69) is 4.98 Å². The van der Waals surface area contributed by atoms with Crippen LogP contribution in [0.25, 0.3) is 10.9 Å². The number of benzene rings is 1. The molecule has 0 aliphatic carbocycles. The van der Waals surface area contributed by atoms with Crippen LogP contribution in [0.5, 0.6) is 0 Å². The van der Waals surface area contributed by atoms with Crippen molar-refractivity contribution >= 4 is 24.2 Å². The number of aromatic amines is 1. The molecule has 1 aromatic carbocycles. The quantitative estimate of drug-likeness (QED) is 0.546. The lowest BCUT2D eigenvalue weighted by molar-refractivity contribution is 1.32. The molecule has 0 aliphatic rings. The zero-order chi connectivity index (χ0) is 8.55. The van der Waals surface area contributed by atoms with Crippen LogP contribution in [0.1, 0.15) is 0 Å². The van der Waals surface area contributed by atoms with Crippen LogP contribution >= 0.6 is 0 Å². The molecule has 1 heterocycles. The third-order valence-electron chi connectivity index (χ3n) is 1.78. The Morgan fingerprint density at radius 2 is 2.00 bits per heavy atom. The van der Waals surface area contributed by atoms with Gasteiger partial charge in [0.25, 0.3) is 0 Å². The Hall–Kier alpha value is -1.51. The summed E-state index contributed by atoms with van der Waals surface area (Å²) in [6.07, 6.45) is 0. The average molecular weight is 155 g/mol. The minimum absolute atomic E-state index is 0.161. The lowest BCUT2D eigenvalue weighted by Gasteiger charge is -1.99. The number of para-hydroxylation sites is 1. The molecular formula is C9H6BNO. The summed E-state index contributed by atoms with van der Waals surface area (Å²) in [6, 6.07) is 8.84. The molecule has 0 saturated heterocycles. The van der Waals surface area contributed by atoms with Gasteiger partial charge in [-0.3, -0.25) is 4.79 Å². The number of H-pyrrole nitrogens is 1. The van der Waals surface area contributed by atoms with Crippen LogP contribution in [-0.2, 0) is 0 Å². The molecule has 0 fully saturated rings. The highest BCUT2D eigenvalue weighted by Crippen LogP contribution is 2.04. The van der Waals surface area contributed by atoms with Gasteiger partial charge in [0.1, 0.15) is 7.85 Å². The molecule has 12 heavy (non-hydrogen) atoms. The van der Waals surface area contributed by atoms with Crippen molar-refractivity contribution < 1.29 is 0 Å². The lowest BCUT2D eigenvalue weighted by Crippen LogP contribution is -2.15. The minimum Gasteiger partial charge on any atom is -0.322 e. The monoisotopic (exact) mass is 155 g/mol. The van der Waals surface area contributed by atoms with E-state index in [4.69, 9.17) is 7.85 Å². The minimum atomic E-state index is -0.161. The van der Waals surface area contributed by atoms with Crippen molar-refractivity contribution in [2.24, 2.45) is 0 Å². The maximum atomic E-state index is 11.0. The van der Waals surface area contributed by atoms with Gasteiger partial charge in [0.2, 0.25) is 5.56 Å². The molecule has 0 aliphatic heterocycles. The van der Waals surface area contributed by atoms with Crippen LogP contribution in [-0.4, -0.2) is 12.8 Å². The first-order valence-corrected chi connectivity index (χ1v) is 3.65. The summed E-state index contributed by atoms with van der Waals surface area (Å²) in [4.78, 5) is 13.7. The third kappa shape index (κ3) is 1.03. The smallest absolute Gasteiger partial charge is 0.247 e. The van der Waals surface area contributed by atoms with Gasteiger partial charge in [-0.1, -0.05) is 23.7 Å². The molecule has 0 spiro atoms. The molecule has 0 saturated carbocycles. The molecule has 2 rings (SSSR count). The van der Waals surface area contributed by atoms with E-state index in [1.807, 2.05) is 24.3 Å². The lowest BCUT2D eigenvalue weighted by atomic mass is 9.92. The Labute approximate surface area is 70.6 Å². The number of hydrogen-bond donors (Lipinski definition) is 1. The van der Waals surface area contributed by atoms with Gasteiger partial charge in [-0.15, -0.1) is 0 Å². The van der Waals surface area contributed by atoms with E-state index in [9.17, 15) is 4.79 Å². The molecule has 56 valence electrons. The fourth-order valence-corrected chi connectivity index (χ4v) is 1.23. The number of hydrogen-bond acceptors (Lipinski definition) is 1. The van der Waals surface area contributed by atoms with E-state index < -0.39 is 0 Å². The first kappa shape index (κ1) is 7.16. The fourth-order valence-electron chi connectivity index (χ4n) is 1.23. The summed E-state index contributed by atoms with van der Waals surface area (Å²) in [6.45, 7) is 0. The van der Waals surface area contributed by atoms with Gasteiger partial charge in [0.05, 0.1) is 0 Å². The Balaban J connectivity index is 2.99. The van der Waals surface area contributed by atoms with Crippen molar-refractivity contribution in [2.75, 3.05) is 0 Å². The van der Waals surface area contributed by atoms with E-state index in [1.54, 1.807) is 0 Å². The number of rotatable bonds is 0. The molecule has 3 heteroatoms. The summed E-state index contributed by atoms with van der Waals surface area (Å²) in [5, 5.41) is 0.886. The van der Waals surface area contributed by atoms with Crippen LogP contribution < -0.4 is 11.0 Å². The van der Waals surface area contributed by atoms with Crippen molar-refractivity contribution in [3.63, 3.8) is 0 Å². The predicted molar refractivity (Wildman–Crippen MR) is 50.0 cm³/mol. The zero-order valence-electron chi connectivity index (χ0n) is 6.37. The molecule has 1 aromatic heterocycles. The summed E-state index contributed by atoms with van der Waals surface area (Å²) in [5.74, 6) is 0. The molecule has 2 radical (unpaired) electrons. The number of nitrogens with one attached hydrogen (secondary N) is 1. The van der Waals surface area contributed by atoms with Crippen LogP contribution in [0.2, 0.25) is 0 Å². The highest BCUT2D eigenvalue weighted by atomic mass is 16.1. The second-order valence-corrected chi connectivity index (χ2v) is 2.63. The Morgan fingerprint density at radius 3 is 2.83 bits per heavy atom. The Kier molecular flexibility index (Phi) is 1.50. The highest BCUT2D eigenvalue weighted by molar-refractivity contribution is 6.38. The van der Waals surface area contributed by atoms with Gasteiger partial charge in [-0.2, -0.15) is 0 Å². The van der Waals surface area contributed by atoms with Gasteiger partial charge >= 0.3 is 0 Å². The second-order valence-electron chi connectivity index (χ2n) is 2.63. The SMILES string of the molecule is [B]c1cc(=O)[nH]c2ccccc12. The van der Waals surface area contributed by atoms with E-state index in [0.717, 1.165) is 10.9 Å². The van der Waals surface area contributed by atoms with Crippen LogP contribution in [0.3, 0.4) is 0 Å². The maximum Gasteiger partial charge on any atom is 0.247 e. The molecule has 0 unspecified atom stereocenters. The van der Waals surface area contributed by atoms with Crippen molar-refractivity contribution in [3.05, 3.63) is 40.7 Å². The Bertz CT molecular complexity index is 475. The number of pyridine rings is 1. The molecule has 2 aromatic rings. The van der Waals surface area contributed by atoms with Gasteiger partial charge in [-0.25, -0.2) is 0 Å². The Morgan fingerprint density at radius 1 is 1.25 bits per heavy atom. The third-order valence-corrected chi connectivity index (χ3v) is 1.78. The van der Waals surface area contributed by atoms with E-state index >= 15 is 0 Å². The van der Waals surface area contributed by atoms with Crippen LogP contribution in [0.15, 0.2) is 35.1 Å². The molecule has 0 atom stereocenters. The standard InChI is InChI=1S/C9H6BNO/c10-7-5-9(12)11-8-4-2-1-3-6(7)8/h1-5H,(H,11,12). The van der Waals surface area contributed by atoms with Crippen molar-refractivity contribution in [1.29, 1.82) is 0 Å². The summed E-state index contributed by atoms with van der Waals surface area (Å²) in [5.41, 5.74) is 1.14. The van der Waals surface area contributed by atoms with Gasteiger partial charge < -0.3 is 4.98 Å². The topological polar surface area (TPSA) is 32.9 Å². The second kappa shape index (κ2) is 2.52. The number of aromatic nitrogens is 1. The first-order valence-electron chi connectivity index (χ1n) is 3.65. The van der Waals surface area contributed by atoms with E-state index in [0.29, 0.717) is 5.46 Å². The average Bonchev–Trinajstić information content (AvgIpc) is 2.04. The highest BCUT2D eigenvalue weighted by Gasteiger charge is 1.95. The molecule has 0 bridgehead atoms. The van der Waals surface area contributed by atoms with Crippen molar-refractivity contribution in [2.45, 2.75) is 0 Å². The van der Waals surface area contributed by atoms with Crippen LogP contribution in [0.4, 0.5) is 0 Å². The molecule has 0 amide bonds. The van der Waals surface area contributed by atoms with Gasteiger partial charge in [0.15, 0.2) is 0 Å².